The number of rotatable bonds is 6. The summed E-state index contributed by atoms with van der Waals surface area (Å²) in [5.41, 5.74) is 0.677. The van der Waals surface area contributed by atoms with E-state index in [0.29, 0.717) is 12.1 Å². The summed E-state index contributed by atoms with van der Waals surface area (Å²) >= 11 is 0. The molecule has 0 fully saturated rings. The van der Waals surface area contributed by atoms with Crippen molar-refractivity contribution in [3.63, 3.8) is 0 Å². The van der Waals surface area contributed by atoms with Crippen LogP contribution in [0.4, 0.5) is 10.5 Å². The number of hydrogen-bond donors (Lipinski definition) is 3. The number of para-hydroxylation sites is 1. The summed E-state index contributed by atoms with van der Waals surface area (Å²) in [6.45, 7) is 4.05. The van der Waals surface area contributed by atoms with Gasteiger partial charge in [-0.1, -0.05) is 32.0 Å². The highest BCUT2D eigenvalue weighted by atomic mass is 16.4. The van der Waals surface area contributed by atoms with Crippen molar-refractivity contribution in [1.82, 2.24) is 5.32 Å². The van der Waals surface area contributed by atoms with Crippen molar-refractivity contribution < 1.29 is 14.7 Å². The van der Waals surface area contributed by atoms with Crippen molar-refractivity contribution in [2.75, 3.05) is 11.9 Å². The number of hydrogen-bond acceptors (Lipinski definition) is 2. The van der Waals surface area contributed by atoms with Crippen LogP contribution in [0.3, 0.4) is 0 Å². The number of aliphatic carboxylic acids is 1. The first-order valence-electron chi connectivity index (χ1n) is 6.31. The summed E-state index contributed by atoms with van der Waals surface area (Å²) in [5, 5.41) is 14.3. The number of carbonyl (C=O) groups excluding carboxylic acids is 1. The zero-order chi connectivity index (χ0) is 14.3. The number of carboxylic acids is 1. The van der Waals surface area contributed by atoms with Crippen molar-refractivity contribution in [3.05, 3.63) is 30.3 Å². The molecular formula is C14H20N2O3. The molecule has 0 aromatic heterocycles. The number of benzene rings is 1. The number of carboxylic acid groups (broad SMARTS) is 1. The molecule has 3 N–H and O–H groups in total. The lowest BCUT2D eigenvalue weighted by Gasteiger charge is -2.15. The van der Waals surface area contributed by atoms with Crippen LogP contribution >= 0.6 is 0 Å². The molecule has 1 rings (SSSR count). The molecule has 19 heavy (non-hydrogen) atoms. The Balaban J connectivity index is 2.42. The van der Waals surface area contributed by atoms with Gasteiger partial charge in [0.25, 0.3) is 0 Å². The highest BCUT2D eigenvalue weighted by Crippen LogP contribution is 2.11. The fraction of sp³-hybridized carbons (Fsp3) is 0.429. The molecule has 0 saturated heterocycles. The van der Waals surface area contributed by atoms with Gasteiger partial charge in [-0.05, 0) is 24.5 Å². The van der Waals surface area contributed by atoms with Crippen molar-refractivity contribution in [1.29, 1.82) is 0 Å². The summed E-state index contributed by atoms with van der Waals surface area (Å²) in [6.07, 6.45) is 0.543. The Morgan fingerprint density at radius 3 is 2.37 bits per heavy atom. The van der Waals surface area contributed by atoms with Crippen molar-refractivity contribution >= 4 is 17.7 Å². The van der Waals surface area contributed by atoms with Crippen LogP contribution in [0, 0.1) is 11.8 Å². The fourth-order valence-electron chi connectivity index (χ4n) is 1.75. The van der Waals surface area contributed by atoms with E-state index in [1.165, 1.54) is 0 Å². The van der Waals surface area contributed by atoms with Crippen LogP contribution in [0.1, 0.15) is 20.3 Å². The summed E-state index contributed by atoms with van der Waals surface area (Å²) < 4.78 is 0. The first-order valence-corrected chi connectivity index (χ1v) is 6.31. The molecule has 1 atom stereocenters. The van der Waals surface area contributed by atoms with E-state index in [2.05, 4.69) is 10.6 Å². The molecule has 5 heteroatoms. The van der Waals surface area contributed by atoms with Crippen molar-refractivity contribution in [3.8, 4) is 0 Å². The number of urea groups is 1. The summed E-state index contributed by atoms with van der Waals surface area (Å²) in [7, 11) is 0. The van der Waals surface area contributed by atoms with Gasteiger partial charge in [-0.25, -0.2) is 4.79 Å². The normalized spacial score (nSPS) is 11.9. The van der Waals surface area contributed by atoms with Crippen molar-refractivity contribution in [2.45, 2.75) is 20.3 Å². The standard InChI is InChI=1S/C14H20N2O3/c1-10(2)8-11(13(17)18)9-15-14(19)16-12-6-4-3-5-7-12/h3-7,10-11H,8-9H2,1-2H3,(H,17,18)(H2,15,16,19). The molecule has 1 aromatic carbocycles. The average molecular weight is 264 g/mol. The molecule has 104 valence electrons. The van der Waals surface area contributed by atoms with E-state index in [0.717, 1.165) is 0 Å². The van der Waals surface area contributed by atoms with E-state index in [4.69, 9.17) is 5.11 Å². The first-order chi connectivity index (χ1) is 8.99. The Morgan fingerprint density at radius 1 is 1.21 bits per heavy atom. The maximum Gasteiger partial charge on any atom is 0.319 e. The molecule has 0 spiro atoms. The predicted molar refractivity (Wildman–Crippen MR) is 74.0 cm³/mol. The third-order valence-corrected chi connectivity index (χ3v) is 2.65. The van der Waals surface area contributed by atoms with Gasteiger partial charge in [0.15, 0.2) is 0 Å². The zero-order valence-electron chi connectivity index (χ0n) is 11.2. The lowest BCUT2D eigenvalue weighted by molar-refractivity contribution is -0.142. The van der Waals surface area contributed by atoms with Crippen molar-refractivity contribution in [2.24, 2.45) is 11.8 Å². The SMILES string of the molecule is CC(C)CC(CNC(=O)Nc1ccccc1)C(=O)O. The molecule has 0 aliphatic carbocycles. The summed E-state index contributed by atoms with van der Waals surface area (Å²) in [5.74, 6) is -1.16. The van der Waals surface area contributed by atoms with E-state index < -0.39 is 11.9 Å². The molecule has 5 nitrogen and oxygen atoms in total. The number of carbonyl (C=O) groups is 2. The number of nitrogens with one attached hydrogen (secondary N) is 2. The molecule has 0 saturated carbocycles. The van der Waals surface area contributed by atoms with E-state index in [-0.39, 0.29) is 18.5 Å². The second kappa shape index (κ2) is 7.41. The lowest BCUT2D eigenvalue weighted by atomic mass is 9.97. The van der Waals surface area contributed by atoms with Crippen LogP contribution < -0.4 is 10.6 Å². The third kappa shape index (κ3) is 5.90. The lowest BCUT2D eigenvalue weighted by Crippen LogP contribution is -2.36. The van der Waals surface area contributed by atoms with Crippen LogP contribution in [0.5, 0.6) is 0 Å². The highest BCUT2D eigenvalue weighted by Gasteiger charge is 2.19. The highest BCUT2D eigenvalue weighted by molar-refractivity contribution is 5.89. The molecule has 1 aromatic rings. The van der Waals surface area contributed by atoms with E-state index in [9.17, 15) is 9.59 Å². The predicted octanol–water partition coefficient (Wildman–Crippen LogP) is 2.56. The maximum absolute atomic E-state index is 11.6. The molecule has 0 heterocycles. The van der Waals surface area contributed by atoms with Crippen LogP contribution in [0.2, 0.25) is 0 Å². The van der Waals surface area contributed by atoms with Gasteiger partial charge in [0.1, 0.15) is 0 Å². The van der Waals surface area contributed by atoms with Gasteiger partial charge in [0.2, 0.25) is 0 Å². The Bertz CT molecular complexity index is 418. The van der Waals surface area contributed by atoms with Crippen LogP contribution in [-0.2, 0) is 4.79 Å². The topological polar surface area (TPSA) is 78.4 Å². The second-order valence-electron chi connectivity index (χ2n) is 4.87. The molecule has 0 aliphatic heterocycles. The fourth-order valence-corrected chi connectivity index (χ4v) is 1.75. The van der Waals surface area contributed by atoms with Gasteiger partial charge in [-0.3, -0.25) is 4.79 Å². The van der Waals surface area contributed by atoms with E-state index in [1.807, 2.05) is 32.0 Å². The van der Waals surface area contributed by atoms with Gasteiger partial charge in [-0.2, -0.15) is 0 Å². The average Bonchev–Trinajstić information content (AvgIpc) is 2.35. The second-order valence-corrected chi connectivity index (χ2v) is 4.87. The summed E-state index contributed by atoms with van der Waals surface area (Å²) in [4.78, 5) is 22.6. The molecule has 0 bridgehead atoms. The molecule has 0 radical (unpaired) electrons. The third-order valence-electron chi connectivity index (χ3n) is 2.65. The van der Waals surface area contributed by atoms with Gasteiger partial charge >= 0.3 is 12.0 Å². The first kappa shape index (κ1) is 15.0. The summed E-state index contributed by atoms with van der Waals surface area (Å²) in [6, 6.07) is 8.63. The number of amides is 2. The van der Waals surface area contributed by atoms with Gasteiger partial charge in [0, 0.05) is 12.2 Å². The van der Waals surface area contributed by atoms with E-state index in [1.54, 1.807) is 12.1 Å². The quantitative estimate of drug-likeness (QED) is 0.738. The maximum atomic E-state index is 11.6. The Kier molecular flexibility index (Phi) is 5.85. The van der Waals surface area contributed by atoms with Crippen LogP contribution in [-0.4, -0.2) is 23.7 Å². The largest absolute Gasteiger partial charge is 0.481 e. The Labute approximate surface area is 113 Å². The van der Waals surface area contributed by atoms with Gasteiger partial charge in [-0.15, -0.1) is 0 Å². The zero-order valence-corrected chi connectivity index (χ0v) is 11.2. The monoisotopic (exact) mass is 264 g/mol. The number of anilines is 1. The minimum Gasteiger partial charge on any atom is -0.481 e. The molecular weight excluding hydrogens is 244 g/mol. The molecule has 2 amide bonds. The van der Waals surface area contributed by atoms with Crippen LogP contribution in [0.25, 0.3) is 0 Å². The minimum absolute atomic E-state index is 0.131. The Hall–Kier alpha value is -2.04. The smallest absolute Gasteiger partial charge is 0.319 e. The van der Waals surface area contributed by atoms with Gasteiger partial charge < -0.3 is 15.7 Å². The molecule has 1 unspecified atom stereocenters. The van der Waals surface area contributed by atoms with Crippen LogP contribution in [0.15, 0.2) is 30.3 Å². The Morgan fingerprint density at radius 2 is 1.84 bits per heavy atom. The van der Waals surface area contributed by atoms with E-state index >= 15 is 0 Å². The van der Waals surface area contributed by atoms with Gasteiger partial charge in [0.05, 0.1) is 5.92 Å². The molecule has 0 aliphatic rings. The minimum atomic E-state index is -0.881.